The van der Waals surface area contributed by atoms with E-state index in [1.807, 2.05) is 0 Å². The van der Waals surface area contributed by atoms with Gasteiger partial charge in [-0.1, -0.05) is 78.3 Å². The Morgan fingerprint density at radius 2 is 1.70 bits per heavy atom. The van der Waals surface area contributed by atoms with Gasteiger partial charge in [0.2, 0.25) is 0 Å². The highest BCUT2D eigenvalue weighted by Crippen LogP contribution is 2.38. The number of allylic oxidation sites excluding steroid dienone is 4. The molecule has 3 heteroatoms. The first kappa shape index (κ1) is 26.4. The zero-order valence-electron chi connectivity index (χ0n) is 19.7. The third kappa shape index (κ3) is 9.91. The fraction of sp³-hybridized carbons (Fsp3) is 0.750. The van der Waals surface area contributed by atoms with E-state index in [0.717, 1.165) is 24.8 Å². The van der Waals surface area contributed by atoms with Crippen LogP contribution in [0.1, 0.15) is 74.7 Å². The van der Waals surface area contributed by atoms with Crippen LogP contribution in [0.25, 0.3) is 0 Å². The maximum atomic E-state index is 9.29. The number of rotatable bonds is 11. The molecule has 0 rings (SSSR count). The predicted octanol–water partition coefficient (Wildman–Crippen LogP) is 7.28. The Balaban J connectivity index is 4.89. The molecule has 0 fully saturated rings. The quantitative estimate of drug-likeness (QED) is 0.227. The molecule has 3 atom stereocenters. The van der Waals surface area contributed by atoms with Gasteiger partial charge in [0.1, 0.15) is 0 Å². The van der Waals surface area contributed by atoms with Crippen molar-refractivity contribution in [3.8, 4) is 0 Å². The summed E-state index contributed by atoms with van der Waals surface area (Å²) in [5.74, 6) is 0.867. The molecule has 1 N–H and O–H groups in total. The van der Waals surface area contributed by atoms with Gasteiger partial charge in [-0.15, -0.1) is 0 Å². The molecular formula is C24H46O2Si. The smallest absolute Gasteiger partial charge is 0.192 e. The second-order valence-electron chi connectivity index (χ2n) is 9.55. The molecule has 0 aliphatic rings. The van der Waals surface area contributed by atoms with Crippen molar-refractivity contribution in [2.75, 3.05) is 6.61 Å². The second kappa shape index (κ2) is 12.0. The first-order valence-electron chi connectivity index (χ1n) is 10.7. The van der Waals surface area contributed by atoms with Crippen molar-refractivity contribution in [1.82, 2.24) is 0 Å². The third-order valence-electron chi connectivity index (χ3n) is 5.83. The van der Waals surface area contributed by atoms with E-state index in [1.54, 1.807) is 0 Å². The third-order valence-corrected chi connectivity index (χ3v) is 10.3. The molecule has 0 aromatic carbocycles. The molecule has 0 aliphatic carbocycles. The maximum Gasteiger partial charge on any atom is 0.192 e. The molecule has 0 amide bonds. The largest absolute Gasteiger partial charge is 0.413 e. The molecule has 0 aliphatic heterocycles. The fourth-order valence-corrected chi connectivity index (χ4v) is 4.41. The first-order valence-corrected chi connectivity index (χ1v) is 13.6. The van der Waals surface area contributed by atoms with Gasteiger partial charge in [0.25, 0.3) is 0 Å². The monoisotopic (exact) mass is 394 g/mol. The number of aliphatic hydroxyl groups excluding tert-OH is 1. The zero-order valence-corrected chi connectivity index (χ0v) is 20.7. The van der Waals surface area contributed by atoms with Gasteiger partial charge in [-0.2, -0.15) is 0 Å². The standard InChI is InChI=1S/C24H46O2Si/c1-11-22(18-25)17-20(4)15-13-14-19(3)16-21(5)23(12-2)26-27(9,10)24(6,7)8/h13-14,16-17,20-21,23,25H,11-12,15,18H2,1-10H3/b14-13+,19-16+,22-17-/t20-,21-,23+/m1/s1. The average molecular weight is 395 g/mol. The van der Waals surface area contributed by atoms with Crippen LogP contribution in [0.5, 0.6) is 0 Å². The molecule has 0 unspecified atom stereocenters. The normalized spacial score (nSPS) is 18.0. The molecule has 0 saturated heterocycles. The maximum absolute atomic E-state index is 9.29. The van der Waals surface area contributed by atoms with Crippen LogP contribution in [0.4, 0.5) is 0 Å². The van der Waals surface area contributed by atoms with Gasteiger partial charge in [-0.3, -0.25) is 0 Å². The van der Waals surface area contributed by atoms with Crippen molar-refractivity contribution in [1.29, 1.82) is 0 Å². The lowest BCUT2D eigenvalue weighted by molar-refractivity contribution is 0.141. The Morgan fingerprint density at radius 1 is 1.11 bits per heavy atom. The van der Waals surface area contributed by atoms with Gasteiger partial charge >= 0.3 is 0 Å². The molecule has 0 radical (unpaired) electrons. The van der Waals surface area contributed by atoms with E-state index in [2.05, 4.69) is 92.8 Å². The fourth-order valence-electron chi connectivity index (χ4n) is 2.92. The van der Waals surface area contributed by atoms with Gasteiger partial charge < -0.3 is 9.53 Å². The number of hydrogen-bond donors (Lipinski definition) is 1. The summed E-state index contributed by atoms with van der Waals surface area (Å²) in [4.78, 5) is 0. The lowest BCUT2D eigenvalue weighted by Gasteiger charge is -2.40. The minimum absolute atomic E-state index is 0.174. The predicted molar refractivity (Wildman–Crippen MR) is 124 cm³/mol. The summed E-state index contributed by atoms with van der Waals surface area (Å²) in [6.45, 7) is 22.7. The average Bonchev–Trinajstić information content (AvgIpc) is 2.56. The van der Waals surface area contributed by atoms with Crippen LogP contribution in [0.15, 0.2) is 35.5 Å². The van der Waals surface area contributed by atoms with Gasteiger partial charge in [0.15, 0.2) is 8.32 Å². The van der Waals surface area contributed by atoms with Crippen molar-refractivity contribution in [2.24, 2.45) is 11.8 Å². The number of hydrogen-bond acceptors (Lipinski definition) is 2. The van der Waals surface area contributed by atoms with Gasteiger partial charge in [0.05, 0.1) is 12.7 Å². The molecule has 158 valence electrons. The van der Waals surface area contributed by atoms with Crippen molar-refractivity contribution < 1.29 is 9.53 Å². The lowest BCUT2D eigenvalue weighted by atomic mass is 9.99. The zero-order chi connectivity index (χ0) is 21.3. The van der Waals surface area contributed by atoms with Crippen LogP contribution in [-0.2, 0) is 4.43 Å². The summed E-state index contributed by atoms with van der Waals surface area (Å²) in [5.41, 5.74) is 2.43. The molecule has 0 heterocycles. The van der Waals surface area contributed by atoms with E-state index in [9.17, 15) is 5.11 Å². The van der Waals surface area contributed by atoms with Crippen molar-refractivity contribution in [3.05, 3.63) is 35.5 Å². The molecule has 0 bridgehead atoms. The summed E-state index contributed by atoms with van der Waals surface area (Å²) < 4.78 is 6.66. The van der Waals surface area contributed by atoms with Crippen LogP contribution in [0.3, 0.4) is 0 Å². The highest BCUT2D eigenvalue weighted by molar-refractivity contribution is 6.74. The van der Waals surface area contributed by atoms with E-state index in [-0.39, 0.29) is 17.7 Å². The Bertz CT molecular complexity index is 503. The van der Waals surface area contributed by atoms with E-state index in [4.69, 9.17) is 4.43 Å². The van der Waals surface area contributed by atoms with E-state index in [1.165, 1.54) is 5.57 Å². The molecule has 0 aromatic heterocycles. The Morgan fingerprint density at radius 3 is 2.15 bits per heavy atom. The SMILES string of the molecule is CC/C(=C/[C@H](C)C/C=C/C(C)=C/[C@@H](C)[C@H](CC)O[Si](C)(C)C(C)(C)C)CO. The van der Waals surface area contributed by atoms with Crippen molar-refractivity contribution >= 4 is 8.32 Å². The Kier molecular flexibility index (Phi) is 11.7. The second-order valence-corrected chi connectivity index (χ2v) is 14.3. The number of aliphatic hydroxyl groups is 1. The van der Waals surface area contributed by atoms with Crippen molar-refractivity contribution in [2.45, 2.75) is 98.9 Å². The Hall–Kier alpha value is -0.643. The van der Waals surface area contributed by atoms with E-state index >= 15 is 0 Å². The van der Waals surface area contributed by atoms with Crippen LogP contribution in [0, 0.1) is 11.8 Å². The minimum Gasteiger partial charge on any atom is -0.413 e. The van der Waals surface area contributed by atoms with Crippen LogP contribution >= 0.6 is 0 Å². The van der Waals surface area contributed by atoms with Crippen LogP contribution in [0.2, 0.25) is 18.1 Å². The summed E-state index contributed by atoms with van der Waals surface area (Å²) in [5, 5.41) is 9.53. The summed E-state index contributed by atoms with van der Waals surface area (Å²) in [7, 11) is -1.74. The van der Waals surface area contributed by atoms with Crippen LogP contribution in [-0.4, -0.2) is 26.1 Å². The van der Waals surface area contributed by atoms with Crippen molar-refractivity contribution in [3.63, 3.8) is 0 Å². The summed E-state index contributed by atoms with van der Waals surface area (Å²) >= 11 is 0. The topological polar surface area (TPSA) is 29.5 Å². The highest BCUT2D eigenvalue weighted by atomic mass is 28.4. The summed E-state index contributed by atoms with van der Waals surface area (Å²) in [6, 6.07) is 0. The highest BCUT2D eigenvalue weighted by Gasteiger charge is 2.39. The van der Waals surface area contributed by atoms with Gasteiger partial charge in [-0.25, -0.2) is 0 Å². The van der Waals surface area contributed by atoms with Gasteiger partial charge in [-0.05, 0) is 61.7 Å². The van der Waals surface area contributed by atoms with E-state index in [0.29, 0.717) is 11.8 Å². The molecule has 0 aromatic rings. The summed E-state index contributed by atoms with van der Waals surface area (Å²) in [6.07, 6.45) is 12.3. The first-order chi connectivity index (χ1) is 12.4. The van der Waals surface area contributed by atoms with Crippen LogP contribution < -0.4 is 0 Å². The minimum atomic E-state index is -1.74. The molecule has 0 saturated carbocycles. The van der Waals surface area contributed by atoms with Gasteiger partial charge in [0, 0.05) is 0 Å². The molecule has 0 spiro atoms. The lowest BCUT2D eigenvalue weighted by Crippen LogP contribution is -2.45. The molecule has 2 nitrogen and oxygen atoms in total. The van der Waals surface area contributed by atoms with E-state index < -0.39 is 8.32 Å². The Labute approximate surface area is 170 Å². The molecular weight excluding hydrogens is 348 g/mol. The molecule has 27 heavy (non-hydrogen) atoms.